The van der Waals surface area contributed by atoms with Crippen molar-refractivity contribution < 1.29 is 4.79 Å². The lowest BCUT2D eigenvalue weighted by Crippen LogP contribution is -2.33. The third-order valence-corrected chi connectivity index (χ3v) is 7.30. The minimum atomic E-state index is -0.0176. The largest absolute Gasteiger partial charge is 0.372 e. The van der Waals surface area contributed by atoms with E-state index in [0.717, 1.165) is 68.1 Å². The van der Waals surface area contributed by atoms with Gasteiger partial charge in [-0.2, -0.15) is 5.10 Å². The number of H-pyrrole nitrogens is 1. The van der Waals surface area contributed by atoms with Crippen LogP contribution in [0.5, 0.6) is 0 Å². The maximum absolute atomic E-state index is 12.7. The second kappa shape index (κ2) is 12.7. The maximum Gasteiger partial charge on any atom is 0.251 e. The Morgan fingerprint density at radius 1 is 1.00 bits per heavy atom. The quantitative estimate of drug-likeness (QED) is 0.349. The molecule has 1 aliphatic rings. The Morgan fingerprint density at radius 3 is 2.33 bits per heavy atom. The van der Waals surface area contributed by atoms with Crippen molar-refractivity contribution in [1.29, 1.82) is 0 Å². The van der Waals surface area contributed by atoms with Gasteiger partial charge in [-0.15, -0.1) is 0 Å². The summed E-state index contributed by atoms with van der Waals surface area (Å²) in [4.78, 5) is 17.6. The average molecular weight is 488 g/mol. The van der Waals surface area contributed by atoms with Crippen LogP contribution in [0.15, 0.2) is 54.6 Å². The van der Waals surface area contributed by atoms with Crippen molar-refractivity contribution in [2.75, 3.05) is 37.6 Å². The van der Waals surface area contributed by atoms with Crippen molar-refractivity contribution in [2.24, 2.45) is 0 Å². The predicted molar refractivity (Wildman–Crippen MR) is 149 cm³/mol. The Balaban J connectivity index is 1.32. The number of aromatic nitrogens is 2. The molecule has 2 aromatic carbocycles. The molecule has 0 spiro atoms. The summed E-state index contributed by atoms with van der Waals surface area (Å²) in [7, 11) is 0. The van der Waals surface area contributed by atoms with E-state index < -0.39 is 0 Å². The van der Waals surface area contributed by atoms with Gasteiger partial charge in [-0.1, -0.05) is 38.1 Å². The zero-order valence-corrected chi connectivity index (χ0v) is 22.1. The lowest BCUT2D eigenvalue weighted by Gasteiger charge is -2.28. The molecule has 6 heteroatoms. The summed E-state index contributed by atoms with van der Waals surface area (Å²) in [5, 5.41) is 10.8. The fraction of sp³-hybridized carbons (Fsp3) is 0.467. The summed E-state index contributed by atoms with van der Waals surface area (Å²) < 4.78 is 0. The van der Waals surface area contributed by atoms with Crippen LogP contribution in [-0.4, -0.2) is 59.8 Å². The molecule has 1 aliphatic heterocycles. The fourth-order valence-electron chi connectivity index (χ4n) is 4.95. The Labute approximate surface area is 216 Å². The molecule has 0 radical (unpaired) electrons. The van der Waals surface area contributed by atoms with Gasteiger partial charge < -0.3 is 15.1 Å². The number of aromatic amines is 1. The van der Waals surface area contributed by atoms with Gasteiger partial charge in [0.1, 0.15) is 0 Å². The van der Waals surface area contributed by atoms with Crippen LogP contribution in [0.25, 0.3) is 22.5 Å². The molecule has 0 saturated carbocycles. The molecule has 192 valence electrons. The third kappa shape index (κ3) is 6.76. The first-order valence-corrected chi connectivity index (χ1v) is 13.6. The number of carbonyl (C=O) groups is 1. The highest BCUT2D eigenvalue weighted by Gasteiger charge is 2.13. The van der Waals surface area contributed by atoms with E-state index in [1.165, 1.54) is 24.9 Å². The molecule has 1 atom stereocenters. The number of piperidine rings is 1. The van der Waals surface area contributed by atoms with Gasteiger partial charge >= 0.3 is 0 Å². The minimum Gasteiger partial charge on any atom is -0.372 e. The highest BCUT2D eigenvalue weighted by Crippen LogP contribution is 2.27. The number of anilines is 1. The number of rotatable bonds is 11. The minimum absolute atomic E-state index is 0.0176. The molecule has 4 rings (SSSR count). The van der Waals surface area contributed by atoms with Crippen molar-refractivity contribution in [1.82, 2.24) is 20.4 Å². The molecule has 1 aromatic heterocycles. The summed E-state index contributed by atoms with van der Waals surface area (Å²) in [6.07, 6.45) is 5.97. The summed E-state index contributed by atoms with van der Waals surface area (Å²) >= 11 is 0. The topological polar surface area (TPSA) is 64.3 Å². The molecule has 2 N–H and O–H groups in total. The fourth-order valence-corrected chi connectivity index (χ4v) is 4.95. The summed E-state index contributed by atoms with van der Waals surface area (Å²) in [6, 6.07) is 18.7. The molecule has 0 unspecified atom stereocenters. The molecule has 6 nitrogen and oxygen atoms in total. The highest BCUT2D eigenvalue weighted by molar-refractivity contribution is 5.94. The Morgan fingerprint density at radius 2 is 1.67 bits per heavy atom. The monoisotopic (exact) mass is 487 g/mol. The third-order valence-electron chi connectivity index (χ3n) is 7.30. The molecule has 1 fully saturated rings. The molecule has 1 saturated heterocycles. The van der Waals surface area contributed by atoms with E-state index in [9.17, 15) is 4.79 Å². The van der Waals surface area contributed by atoms with Gasteiger partial charge in [-0.3, -0.25) is 9.89 Å². The number of amides is 1. The number of carbonyl (C=O) groups excluding carboxylic acids is 1. The van der Waals surface area contributed by atoms with Crippen LogP contribution < -0.4 is 10.2 Å². The maximum atomic E-state index is 12.7. The van der Waals surface area contributed by atoms with Crippen LogP contribution in [0.2, 0.25) is 0 Å². The Bertz CT molecular complexity index is 1080. The van der Waals surface area contributed by atoms with Gasteiger partial charge in [-0.25, -0.2) is 0 Å². The lowest BCUT2D eigenvalue weighted by atomic mass is 10.1. The average Bonchev–Trinajstić information content (AvgIpc) is 3.42. The van der Waals surface area contributed by atoms with Crippen LogP contribution in [0.4, 0.5) is 5.69 Å². The second-order valence-electron chi connectivity index (χ2n) is 9.88. The Hall–Kier alpha value is -3.12. The molecule has 0 aliphatic carbocycles. The zero-order chi connectivity index (χ0) is 25.3. The smallest absolute Gasteiger partial charge is 0.251 e. The normalized spacial score (nSPS) is 14.7. The molecule has 3 aromatic rings. The number of nitrogens with zero attached hydrogens (tertiary/aromatic N) is 3. The van der Waals surface area contributed by atoms with E-state index in [1.807, 2.05) is 24.3 Å². The van der Waals surface area contributed by atoms with E-state index in [4.69, 9.17) is 0 Å². The van der Waals surface area contributed by atoms with Crippen molar-refractivity contribution in [3.8, 4) is 22.5 Å². The molecule has 1 amide bonds. The molecule has 36 heavy (non-hydrogen) atoms. The first kappa shape index (κ1) is 26.0. The van der Waals surface area contributed by atoms with Gasteiger partial charge in [0, 0.05) is 35.9 Å². The van der Waals surface area contributed by atoms with E-state index in [2.05, 4.69) is 76.4 Å². The van der Waals surface area contributed by atoms with Gasteiger partial charge in [0.05, 0.1) is 11.4 Å². The SMILES string of the molecule is CCN(CC)CCC[C@@H](C)NC(=O)c1ccc(-c2cc(-c3ccc(N4CCCCC4)cc3)n[nH]2)cc1. The zero-order valence-electron chi connectivity index (χ0n) is 22.1. The lowest BCUT2D eigenvalue weighted by molar-refractivity contribution is 0.0937. The van der Waals surface area contributed by atoms with Crippen LogP contribution in [0.1, 0.15) is 63.2 Å². The molecule has 0 bridgehead atoms. The van der Waals surface area contributed by atoms with Crippen LogP contribution in [-0.2, 0) is 0 Å². The first-order chi connectivity index (χ1) is 17.6. The van der Waals surface area contributed by atoms with E-state index in [1.54, 1.807) is 0 Å². The number of benzene rings is 2. The van der Waals surface area contributed by atoms with Gasteiger partial charge in [0.15, 0.2) is 0 Å². The van der Waals surface area contributed by atoms with Gasteiger partial charge in [-0.05, 0) is 94.6 Å². The van der Waals surface area contributed by atoms with Crippen molar-refractivity contribution in [3.63, 3.8) is 0 Å². The summed E-state index contributed by atoms with van der Waals surface area (Å²) in [5.74, 6) is -0.0176. The molecular formula is C30H41N5O. The number of hydrogen-bond acceptors (Lipinski definition) is 4. The van der Waals surface area contributed by atoms with Crippen molar-refractivity contribution in [2.45, 2.75) is 58.9 Å². The van der Waals surface area contributed by atoms with Crippen molar-refractivity contribution in [3.05, 3.63) is 60.2 Å². The van der Waals surface area contributed by atoms with E-state index >= 15 is 0 Å². The van der Waals surface area contributed by atoms with E-state index in [-0.39, 0.29) is 11.9 Å². The van der Waals surface area contributed by atoms with Crippen LogP contribution in [0, 0.1) is 0 Å². The van der Waals surface area contributed by atoms with E-state index in [0.29, 0.717) is 5.56 Å². The molecule has 2 heterocycles. The van der Waals surface area contributed by atoms with Gasteiger partial charge in [0.2, 0.25) is 0 Å². The Kier molecular flexibility index (Phi) is 9.17. The highest BCUT2D eigenvalue weighted by atomic mass is 16.1. The number of hydrogen-bond donors (Lipinski definition) is 2. The summed E-state index contributed by atoms with van der Waals surface area (Å²) in [5.41, 5.74) is 5.97. The number of nitrogens with one attached hydrogen (secondary N) is 2. The standard InChI is InChI=1S/C30H41N5O/c1-4-34(5-2)19-9-10-23(3)31-30(36)26-13-11-24(12-14-26)28-22-29(33-32-28)25-15-17-27(18-16-25)35-20-7-6-8-21-35/h11-18,22-23H,4-10,19-21H2,1-3H3,(H,31,36)(H,32,33)/t23-/m1/s1. The van der Waals surface area contributed by atoms with Crippen molar-refractivity contribution >= 4 is 11.6 Å². The predicted octanol–water partition coefficient (Wildman–Crippen LogP) is 5.97. The van der Waals surface area contributed by atoms with Gasteiger partial charge in [0.25, 0.3) is 5.91 Å². The summed E-state index contributed by atoms with van der Waals surface area (Å²) in [6.45, 7) is 12.0. The van der Waals surface area contributed by atoms with Crippen LogP contribution >= 0.6 is 0 Å². The van der Waals surface area contributed by atoms with Crippen LogP contribution in [0.3, 0.4) is 0 Å². The first-order valence-electron chi connectivity index (χ1n) is 13.6. The molecular weight excluding hydrogens is 446 g/mol. The second-order valence-corrected chi connectivity index (χ2v) is 9.88.